The summed E-state index contributed by atoms with van der Waals surface area (Å²) in [6.45, 7) is 6.26. The molecule has 0 saturated carbocycles. The Morgan fingerprint density at radius 3 is 2.57 bits per heavy atom. The fourth-order valence-electron chi connectivity index (χ4n) is 4.89. The normalized spacial score (nSPS) is 18.7. The molecule has 5 rings (SSSR count). The highest BCUT2D eigenvalue weighted by Gasteiger charge is 2.30. The lowest BCUT2D eigenvalue weighted by molar-refractivity contribution is -0.136. The second-order valence-corrected chi connectivity index (χ2v) is 8.72. The molecule has 8 nitrogen and oxygen atoms in total. The number of amides is 1. The molecule has 2 fully saturated rings. The lowest BCUT2D eigenvalue weighted by atomic mass is 9.95. The molecule has 0 aliphatic carbocycles. The van der Waals surface area contributed by atoms with Crippen LogP contribution in [-0.4, -0.2) is 61.1 Å². The molecular weight excluding hydrogens is 380 g/mol. The van der Waals surface area contributed by atoms with Gasteiger partial charge in [0.15, 0.2) is 5.82 Å². The maximum atomic E-state index is 12.7. The standard InChI is InChI=1S/C22H28N6O2/c1-15-5-6-18-17(13-15)21(30)25(2)22-24-23-19(28(18)22)14-26-11-7-16(8-12-26)20(29)27-9-3-4-10-27/h5-6,13,16H,3-4,7-12,14H2,1-2H3. The minimum atomic E-state index is -0.0543. The number of aromatic nitrogens is 4. The summed E-state index contributed by atoms with van der Waals surface area (Å²) in [5.74, 6) is 1.89. The molecule has 2 aliphatic rings. The number of nitrogens with zero attached hydrogens (tertiary/aromatic N) is 6. The lowest BCUT2D eigenvalue weighted by Gasteiger charge is -2.32. The van der Waals surface area contributed by atoms with Gasteiger partial charge >= 0.3 is 0 Å². The number of rotatable bonds is 3. The van der Waals surface area contributed by atoms with E-state index >= 15 is 0 Å². The number of piperidine rings is 1. The van der Waals surface area contributed by atoms with Gasteiger partial charge in [0, 0.05) is 26.1 Å². The first-order valence-corrected chi connectivity index (χ1v) is 10.9. The zero-order chi connectivity index (χ0) is 20.8. The number of aryl methyl sites for hydroxylation is 2. The zero-order valence-electron chi connectivity index (χ0n) is 17.7. The minimum Gasteiger partial charge on any atom is -0.342 e. The molecule has 0 N–H and O–H groups in total. The largest absolute Gasteiger partial charge is 0.342 e. The van der Waals surface area contributed by atoms with E-state index < -0.39 is 0 Å². The Hall–Kier alpha value is -2.74. The summed E-state index contributed by atoms with van der Waals surface area (Å²) in [4.78, 5) is 29.8. The van der Waals surface area contributed by atoms with E-state index in [9.17, 15) is 9.59 Å². The number of fused-ring (bicyclic) bond motifs is 3. The predicted octanol–water partition coefficient (Wildman–Crippen LogP) is 1.72. The van der Waals surface area contributed by atoms with E-state index in [-0.39, 0.29) is 11.5 Å². The van der Waals surface area contributed by atoms with Gasteiger partial charge in [0.25, 0.3) is 5.56 Å². The van der Waals surface area contributed by atoms with Crippen molar-refractivity contribution in [2.24, 2.45) is 13.0 Å². The van der Waals surface area contributed by atoms with Crippen LogP contribution in [0.1, 0.15) is 37.1 Å². The summed E-state index contributed by atoms with van der Waals surface area (Å²) in [7, 11) is 1.74. The molecule has 0 radical (unpaired) electrons. The summed E-state index contributed by atoms with van der Waals surface area (Å²) in [6, 6.07) is 5.92. The van der Waals surface area contributed by atoms with Gasteiger partial charge in [-0.3, -0.25) is 23.5 Å². The molecule has 4 heterocycles. The average molecular weight is 409 g/mol. The molecule has 1 amide bonds. The van der Waals surface area contributed by atoms with Gasteiger partial charge in [0.05, 0.1) is 17.4 Å². The van der Waals surface area contributed by atoms with Crippen LogP contribution < -0.4 is 5.56 Å². The zero-order valence-corrected chi connectivity index (χ0v) is 17.7. The van der Waals surface area contributed by atoms with Crippen LogP contribution in [0.3, 0.4) is 0 Å². The third-order valence-corrected chi connectivity index (χ3v) is 6.66. The fraction of sp³-hybridized carbons (Fsp3) is 0.545. The van der Waals surface area contributed by atoms with Crippen molar-refractivity contribution in [3.8, 4) is 0 Å². The van der Waals surface area contributed by atoms with Crippen LogP contribution in [0.15, 0.2) is 23.0 Å². The predicted molar refractivity (Wildman–Crippen MR) is 114 cm³/mol. The Labute approximate surface area is 175 Å². The van der Waals surface area contributed by atoms with Gasteiger partial charge in [-0.25, -0.2) is 0 Å². The molecule has 0 atom stereocenters. The van der Waals surface area contributed by atoms with Crippen molar-refractivity contribution in [1.29, 1.82) is 0 Å². The lowest BCUT2D eigenvalue weighted by Crippen LogP contribution is -2.41. The molecule has 3 aromatic rings. The molecular formula is C22H28N6O2. The second kappa shape index (κ2) is 7.50. The van der Waals surface area contributed by atoms with Crippen LogP contribution >= 0.6 is 0 Å². The first-order valence-electron chi connectivity index (χ1n) is 10.9. The number of carbonyl (C=O) groups is 1. The van der Waals surface area contributed by atoms with Crippen LogP contribution in [0.4, 0.5) is 0 Å². The van der Waals surface area contributed by atoms with E-state index in [4.69, 9.17) is 0 Å². The van der Waals surface area contributed by atoms with E-state index in [1.807, 2.05) is 34.4 Å². The molecule has 2 saturated heterocycles. The van der Waals surface area contributed by atoms with E-state index in [1.165, 1.54) is 0 Å². The molecule has 2 aliphatic heterocycles. The van der Waals surface area contributed by atoms with E-state index in [2.05, 4.69) is 15.1 Å². The van der Waals surface area contributed by atoms with E-state index in [0.717, 1.165) is 68.8 Å². The third-order valence-electron chi connectivity index (χ3n) is 6.66. The first kappa shape index (κ1) is 19.2. The number of hydrogen-bond donors (Lipinski definition) is 0. The van der Waals surface area contributed by atoms with Crippen LogP contribution in [0.25, 0.3) is 16.7 Å². The van der Waals surface area contributed by atoms with Gasteiger partial charge in [-0.1, -0.05) is 11.6 Å². The topological polar surface area (TPSA) is 75.7 Å². The summed E-state index contributed by atoms with van der Waals surface area (Å²) >= 11 is 0. The molecule has 8 heteroatoms. The molecule has 158 valence electrons. The summed E-state index contributed by atoms with van der Waals surface area (Å²) < 4.78 is 3.57. The van der Waals surface area contributed by atoms with Gasteiger partial charge in [-0.2, -0.15) is 0 Å². The maximum absolute atomic E-state index is 12.7. The minimum absolute atomic E-state index is 0.0543. The Kier molecular flexibility index (Phi) is 4.81. The fourth-order valence-corrected chi connectivity index (χ4v) is 4.89. The highest BCUT2D eigenvalue weighted by atomic mass is 16.2. The smallest absolute Gasteiger partial charge is 0.262 e. The monoisotopic (exact) mass is 408 g/mol. The van der Waals surface area contributed by atoms with Crippen molar-refractivity contribution < 1.29 is 4.79 Å². The number of likely N-dealkylation sites (tertiary alicyclic amines) is 2. The van der Waals surface area contributed by atoms with E-state index in [0.29, 0.717) is 23.6 Å². The Bertz CT molecular complexity index is 1170. The average Bonchev–Trinajstić information content (AvgIpc) is 3.43. The van der Waals surface area contributed by atoms with Crippen LogP contribution in [0, 0.1) is 12.8 Å². The summed E-state index contributed by atoms with van der Waals surface area (Å²) in [5.41, 5.74) is 1.84. The van der Waals surface area contributed by atoms with Crippen LogP contribution in [0.5, 0.6) is 0 Å². The SMILES string of the molecule is Cc1ccc2c(c1)c(=O)n(C)c1nnc(CN3CCC(C(=O)N4CCCC4)CC3)n21. The van der Waals surface area contributed by atoms with Gasteiger partial charge in [-0.15, -0.1) is 10.2 Å². The van der Waals surface area contributed by atoms with Crippen molar-refractivity contribution in [3.05, 3.63) is 39.9 Å². The van der Waals surface area contributed by atoms with Crippen molar-refractivity contribution in [2.45, 2.75) is 39.2 Å². The molecule has 2 aromatic heterocycles. The third kappa shape index (κ3) is 3.19. The highest BCUT2D eigenvalue weighted by Crippen LogP contribution is 2.24. The van der Waals surface area contributed by atoms with Gasteiger partial charge in [0.1, 0.15) is 0 Å². The Balaban J connectivity index is 1.38. The maximum Gasteiger partial charge on any atom is 0.262 e. The second-order valence-electron chi connectivity index (χ2n) is 8.72. The summed E-state index contributed by atoms with van der Waals surface area (Å²) in [5, 5.41) is 9.40. The highest BCUT2D eigenvalue weighted by molar-refractivity contribution is 5.81. The van der Waals surface area contributed by atoms with Gasteiger partial charge in [0.2, 0.25) is 11.7 Å². The van der Waals surface area contributed by atoms with Gasteiger partial charge in [-0.05, 0) is 57.8 Å². The quantitative estimate of drug-likeness (QED) is 0.660. The van der Waals surface area contributed by atoms with E-state index in [1.54, 1.807) is 11.6 Å². The Morgan fingerprint density at radius 2 is 1.83 bits per heavy atom. The molecule has 1 aromatic carbocycles. The van der Waals surface area contributed by atoms with Gasteiger partial charge < -0.3 is 4.90 Å². The van der Waals surface area contributed by atoms with Crippen molar-refractivity contribution >= 4 is 22.6 Å². The number of hydrogen-bond acceptors (Lipinski definition) is 5. The van der Waals surface area contributed by atoms with Crippen molar-refractivity contribution in [3.63, 3.8) is 0 Å². The summed E-state index contributed by atoms with van der Waals surface area (Å²) in [6.07, 6.45) is 4.07. The van der Waals surface area contributed by atoms with Crippen molar-refractivity contribution in [1.82, 2.24) is 29.0 Å². The van der Waals surface area contributed by atoms with Crippen LogP contribution in [-0.2, 0) is 18.4 Å². The van der Waals surface area contributed by atoms with Crippen LogP contribution in [0.2, 0.25) is 0 Å². The Morgan fingerprint density at radius 1 is 1.10 bits per heavy atom. The number of benzene rings is 1. The first-order chi connectivity index (χ1) is 14.5. The van der Waals surface area contributed by atoms with Crippen molar-refractivity contribution in [2.75, 3.05) is 26.2 Å². The molecule has 0 spiro atoms. The number of carbonyl (C=O) groups excluding carboxylic acids is 1. The molecule has 0 unspecified atom stereocenters. The molecule has 30 heavy (non-hydrogen) atoms. The molecule has 0 bridgehead atoms.